The maximum absolute atomic E-state index is 12.5. The number of hydrogen-bond acceptors (Lipinski definition) is 4. The zero-order chi connectivity index (χ0) is 19.4. The molecule has 0 aromatic heterocycles. The highest BCUT2D eigenvalue weighted by molar-refractivity contribution is 9.11. The molecule has 3 rings (SSSR count). The molecule has 2 atom stereocenters. The van der Waals surface area contributed by atoms with Crippen LogP contribution in [0.25, 0.3) is 0 Å². The summed E-state index contributed by atoms with van der Waals surface area (Å²) in [6, 6.07) is 13.2. The van der Waals surface area contributed by atoms with Crippen LogP contribution >= 0.6 is 31.9 Å². The Labute approximate surface area is 173 Å². The smallest absolute Gasteiger partial charge is 0.253 e. The molecule has 0 radical (unpaired) electrons. The summed E-state index contributed by atoms with van der Waals surface area (Å²) in [6.07, 6.45) is 1.51. The summed E-state index contributed by atoms with van der Waals surface area (Å²) in [5.41, 5.74) is 4.18. The average molecular weight is 495 g/mol. The molecule has 1 aliphatic rings. The average Bonchev–Trinajstić information content (AvgIpc) is 3.04. The van der Waals surface area contributed by atoms with Crippen LogP contribution in [0.15, 0.2) is 56.5 Å². The molecule has 1 saturated heterocycles. The fraction of sp³-hybridized carbons (Fsp3) is 0.211. The number of hydrogen-bond donors (Lipinski definition) is 2. The summed E-state index contributed by atoms with van der Waals surface area (Å²) in [7, 11) is 1.58. The number of halogens is 2. The molecule has 0 spiro atoms. The second kappa shape index (κ2) is 8.67. The minimum atomic E-state index is -0.807. The standard InChI is InChI=1S/C19H17Br2N3O3/c1-27-17-14(20)7-11(8-15(17)21)9-23-24-19(26)16-13(10-22-18(16)25)12-5-3-2-4-6-12/h2-9,13,16H,10H2,1H3,(H,22,25)(H,24,26)/t13-,16-/m0/s1. The number of benzene rings is 2. The van der Waals surface area contributed by atoms with Crippen LogP contribution in [0, 0.1) is 5.92 Å². The fourth-order valence-corrected chi connectivity index (χ4v) is 4.57. The summed E-state index contributed by atoms with van der Waals surface area (Å²) >= 11 is 6.84. The van der Waals surface area contributed by atoms with Gasteiger partial charge in [0.1, 0.15) is 11.7 Å². The molecule has 2 amide bonds. The first kappa shape index (κ1) is 19.6. The Hall–Kier alpha value is -2.19. The van der Waals surface area contributed by atoms with Gasteiger partial charge in [-0.1, -0.05) is 30.3 Å². The second-order valence-corrected chi connectivity index (χ2v) is 7.70. The van der Waals surface area contributed by atoms with E-state index in [1.165, 1.54) is 6.21 Å². The minimum Gasteiger partial charge on any atom is -0.494 e. The highest BCUT2D eigenvalue weighted by Gasteiger charge is 2.40. The van der Waals surface area contributed by atoms with E-state index in [9.17, 15) is 9.59 Å². The molecule has 1 fully saturated rings. The topological polar surface area (TPSA) is 79.8 Å². The Morgan fingerprint density at radius 2 is 1.93 bits per heavy atom. The van der Waals surface area contributed by atoms with E-state index >= 15 is 0 Å². The number of nitrogens with one attached hydrogen (secondary N) is 2. The van der Waals surface area contributed by atoms with E-state index in [2.05, 4.69) is 47.7 Å². The number of ether oxygens (including phenoxy) is 1. The molecule has 1 aliphatic heterocycles. The van der Waals surface area contributed by atoms with Crippen LogP contribution in [0.5, 0.6) is 5.75 Å². The molecule has 27 heavy (non-hydrogen) atoms. The Morgan fingerprint density at radius 3 is 2.56 bits per heavy atom. The van der Waals surface area contributed by atoms with Gasteiger partial charge in [0.15, 0.2) is 0 Å². The molecule has 2 aromatic carbocycles. The van der Waals surface area contributed by atoms with Crippen molar-refractivity contribution in [1.82, 2.24) is 10.7 Å². The van der Waals surface area contributed by atoms with Crippen LogP contribution in [-0.4, -0.2) is 31.7 Å². The molecular formula is C19H17Br2N3O3. The molecule has 6 nitrogen and oxygen atoms in total. The van der Waals surface area contributed by atoms with Crippen LogP contribution in [-0.2, 0) is 9.59 Å². The minimum absolute atomic E-state index is 0.210. The van der Waals surface area contributed by atoms with Crippen molar-refractivity contribution in [3.05, 3.63) is 62.5 Å². The zero-order valence-corrected chi connectivity index (χ0v) is 17.6. The molecule has 0 saturated carbocycles. The van der Waals surface area contributed by atoms with Crippen LogP contribution < -0.4 is 15.5 Å². The van der Waals surface area contributed by atoms with Gasteiger partial charge in [-0.15, -0.1) is 0 Å². The van der Waals surface area contributed by atoms with Gasteiger partial charge in [0, 0.05) is 12.5 Å². The van der Waals surface area contributed by atoms with Gasteiger partial charge >= 0.3 is 0 Å². The van der Waals surface area contributed by atoms with E-state index in [1.807, 2.05) is 42.5 Å². The van der Waals surface area contributed by atoms with Gasteiger partial charge in [0.2, 0.25) is 5.91 Å². The molecule has 140 valence electrons. The third-order valence-corrected chi connectivity index (χ3v) is 5.48. The van der Waals surface area contributed by atoms with Crippen LogP contribution in [0.1, 0.15) is 17.0 Å². The third-order valence-electron chi connectivity index (χ3n) is 4.30. The Morgan fingerprint density at radius 1 is 1.26 bits per heavy atom. The summed E-state index contributed by atoms with van der Waals surface area (Å²) in [4.78, 5) is 24.7. The van der Waals surface area contributed by atoms with Gasteiger partial charge < -0.3 is 10.1 Å². The summed E-state index contributed by atoms with van der Waals surface area (Å²) in [6.45, 7) is 0.434. The molecule has 0 bridgehead atoms. The van der Waals surface area contributed by atoms with Gasteiger partial charge in [-0.2, -0.15) is 5.10 Å². The van der Waals surface area contributed by atoms with Crippen molar-refractivity contribution in [2.24, 2.45) is 11.0 Å². The van der Waals surface area contributed by atoms with Gasteiger partial charge in [0.05, 0.1) is 22.3 Å². The number of carbonyl (C=O) groups is 2. The Balaban J connectivity index is 1.71. The van der Waals surface area contributed by atoms with E-state index in [0.29, 0.717) is 12.3 Å². The maximum Gasteiger partial charge on any atom is 0.253 e. The number of nitrogens with zero attached hydrogens (tertiary/aromatic N) is 1. The SMILES string of the molecule is COc1c(Br)cc(C=NNC(=O)[C@@H]2C(=O)NC[C@H]2c2ccccc2)cc1Br. The largest absolute Gasteiger partial charge is 0.494 e. The van der Waals surface area contributed by atoms with Crippen molar-refractivity contribution in [2.45, 2.75) is 5.92 Å². The van der Waals surface area contributed by atoms with Crippen LogP contribution in [0.3, 0.4) is 0 Å². The quantitative estimate of drug-likeness (QED) is 0.380. The number of amides is 2. The van der Waals surface area contributed by atoms with Crippen molar-refractivity contribution in [3.8, 4) is 5.75 Å². The van der Waals surface area contributed by atoms with Gasteiger partial charge in [0.25, 0.3) is 5.91 Å². The van der Waals surface area contributed by atoms with Crippen molar-refractivity contribution < 1.29 is 14.3 Å². The van der Waals surface area contributed by atoms with E-state index in [1.54, 1.807) is 7.11 Å². The molecule has 0 aliphatic carbocycles. The maximum atomic E-state index is 12.5. The van der Waals surface area contributed by atoms with E-state index < -0.39 is 11.8 Å². The predicted octanol–water partition coefficient (Wildman–Crippen LogP) is 3.20. The third kappa shape index (κ3) is 4.39. The lowest BCUT2D eigenvalue weighted by molar-refractivity contribution is -0.133. The summed E-state index contributed by atoms with van der Waals surface area (Å²) in [5, 5.41) is 6.76. The lowest BCUT2D eigenvalue weighted by atomic mass is 9.88. The van der Waals surface area contributed by atoms with E-state index in [0.717, 1.165) is 20.1 Å². The highest BCUT2D eigenvalue weighted by Crippen LogP contribution is 2.34. The highest BCUT2D eigenvalue weighted by atomic mass is 79.9. The normalized spacial score (nSPS) is 19.1. The molecule has 0 unspecified atom stereocenters. The molecule has 2 aromatic rings. The van der Waals surface area contributed by atoms with Crippen molar-refractivity contribution in [2.75, 3.05) is 13.7 Å². The Bertz CT molecular complexity index is 864. The lowest BCUT2D eigenvalue weighted by Crippen LogP contribution is -2.34. The number of rotatable bonds is 5. The van der Waals surface area contributed by atoms with Crippen LogP contribution in [0.2, 0.25) is 0 Å². The number of hydrazone groups is 1. The van der Waals surface area contributed by atoms with Crippen molar-refractivity contribution in [3.63, 3.8) is 0 Å². The lowest BCUT2D eigenvalue weighted by Gasteiger charge is -2.15. The fourth-order valence-electron chi connectivity index (χ4n) is 3.02. The first-order valence-corrected chi connectivity index (χ1v) is 9.78. The monoisotopic (exact) mass is 493 g/mol. The number of methoxy groups -OCH3 is 1. The Kier molecular flexibility index (Phi) is 6.28. The summed E-state index contributed by atoms with van der Waals surface area (Å²) in [5.74, 6) is -1.06. The van der Waals surface area contributed by atoms with Gasteiger partial charge in [-0.05, 0) is 55.1 Å². The van der Waals surface area contributed by atoms with Crippen molar-refractivity contribution in [1.29, 1.82) is 0 Å². The van der Waals surface area contributed by atoms with Gasteiger partial charge in [-0.25, -0.2) is 5.43 Å². The molecule has 2 N–H and O–H groups in total. The number of carbonyl (C=O) groups excluding carboxylic acids is 2. The zero-order valence-electron chi connectivity index (χ0n) is 14.4. The van der Waals surface area contributed by atoms with E-state index in [-0.39, 0.29) is 11.8 Å². The molecule has 1 heterocycles. The molecular weight excluding hydrogens is 478 g/mol. The summed E-state index contributed by atoms with van der Waals surface area (Å²) < 4.78 is 6.77. The van der Waals surface area contributed by atoms with Crippen LogP contribution in [0.4, 0.5) is 0 Å². The first-order chi connectivity index (χ1) is 13.0. The second-order valence-electron chi connectivity index (χ2n) is 5.99. The van der Waals surface area contributed by atoms with Crippen molar-refractivity contribution >= 4 is 49.9 Å². The first-order valence-electron chi connectivity index (χ1n) is 8.20. The van der Waals surface area contributed by atoms with E-state index in [4.69, 9.17) is 4.74 Å². The molecule has 8 heteroatoms. The van der Waals surface area contributed by atoms with Gasteiger partial charge in [-0.3, -0.25) is 9.59 Å². The predicted molar refractivity (Wildman–Crippen MR) is 110 cm³/mol.